The monoisotopic (exact) mass is 272 g/mol. The van der Waals surface area contributed by atoms with E-state index in [1.54, 1.807) is 11.7 Å². The Balaban J connectivity index is 1.68. The average Bonchev–Trinajstić information content (AvgIpc) is 3.07. The molecule has 3 rings (SSSR count). The quantitative estimate of drug-likeness (QED) is 0.738. The number of benzene rings is 1. The zero-order chi connectivity index (χ0) is 13.1. The third-order valence-corrected chi connectivity index (χ3v) is 3.47. The molecule has 0 aliphatic rings. The van der Waals surface area contributed by atoms with Gasteiger partial charge in [-0.3, -0.25) is 4.98 Å². The van der Waals surface area contributed by atoms with Crippen LogP contribution in [0.1, 0.15) is 11.5 Å². The number of hydrogen-bond acceptors (Lipinski definition) is 6. The minimum atomic E-state index is 0.602. The second-order valence-electron chi connectivity index (χ2n) is 4.12. The van der Waals surface area contributed by atoms with E-state index in [-0.39, 0.29) is 0 Å². The Labute approximate surface area is 114 Å². The molecule has 0 bridgehead atoms. The maximum Gasteiger partial charge on any atom is 0.227 e. The van der Waals surface area contributed by atoms with Crippen molar-refractivity contribution in [3.63, 3.8) is 0 Å². The van der Waals surface area contributed by atoms with Gasteiger partial charge in [0.1, 0.15) is 0 Å². The van der Waals surface area contributed by atoms with E-state index in [1.807, 2.05) is 24.3 Å². The number of nitrogen functional groups attached to an aromatic ring is 1. The number of rotatable bonds is 4. The zero-order valence-corrected chi connectivity index (χ0v) is 10.9. The van der Waals surface area contributed by atoms with Crippen molar-refractivity contribution in [2.75, 3.05) is 5.73 Å². The summed E-state index contributed by atoms with van der Waals surface area (Å²) in [5.41, 5.74) is 9.42. The standard InChI is InChI=1S/C13H12N4OS/c14-10-3-1-2-9(6-10)4-5-12-16-13(17-18-12)11-7-15-8-19-11/h1-3,6-8H,4-5,14H2. The number of thiazole rings is 1. The number of hydrogen-bond donors (Lipinski definition) is 1. The predicted molar refractivity (Wildman–Crippen MR) is 73.7 cm³/mol. The normalized spacial score (nSPS) is 10.7. The Morgan fingerprint density at radius 1 is 1.26 bits per heavy atom. The van der Waals surface area contributed by atoms with Gasteiger partial charge in [-0.05, 0) is 24.1 Å². The van der Waals surface area contributed by atoms with Crippen molar-refractivity contribution < 1.29 is 4.52 Å². The van der Waals surface area contributed by atoms with Gasteiger partial charge in [-0.15, -0.1) is 11.3 Å². The van der Waals surface area contributed by atoms with E-state index in [0.717, 1.165) is 22.5 Å². The number of nitrogens with zero attached hydrogens (tertiary/aromatic N) is 3. The number of nitrogens with two attached hydrogens (primary N) is 1. The summed E-state index contributed by atoms with van der Waals surface area (Å²) < 4.78 is 5.23. The molecule has 2 heterocycles. The highest BCUT2D eigenvalue weighted by Gasteiger charge is 2.09. The lowest BCUT2D eigenvalue weighted by atomic mass is 10.1. The molecule has 0 aliphatic heterocycles. The molecular weight excluding hydrogens is 260 g/mol. The van der Waals surface area contributed by atoms with Gasteiger partial charge in [0, 0.05) is 18.3 Å². The van der Waals surface area contributed by atoms with E-state index in [4.69, 9.17) is 10.3 Å². The van der Waals surface area contributed by atoms with E-state index in [9.17, 15) is 0 Å². The summed E-state index contributed by atoms with van der Waals surface area (Å²) in [6, 6.07) is 7.82. The van der Waals surface area contributed by atoms with Crippen LogP contribution in [0.4, 0.5) is 5.69 Å². The summed E-state index contributed by atoms with van der Waals surface area (Å²) in [6.45, 7) is 0. The Morgan fingerprint density at radius 2 is 2.21 bits per heavy atom. The van der Waals surface area contributed by atoms with Crippen molar-refractivity contribution in [2.24, 2.45) is 0 Å². The van der Waals surface area contributed by atoms with E-state index in [2.05, 4.69) is 15.1 Å². The third kappa shape index (κ3) is 2.79. The topological polar surface area (TPSA) is 77.8 Å². The molecule has 19 heavy (non-hydrogen) atoms. The molecule has 0 unspecified atom stereocenters. The van der Waals surface area contributed by atoms with Crippen LogP contribution in [-0.4, -0.2) is 15.1 Å². The molecular formula is C13H12N4OS. The SMILES string of the molecule is Nc1cccc(CCc2nc(-c3cncs3)no2)c1. The van der Waals surface area contributed by atoms with E-state index < -0.39 is 0 Å². The van der Waals surface area contributed by atoms with Crippen LogP contribution in [0.15, 0.2) is 40.5 Å². The first-order valence-electron chi connectivity index (χ1n) is 5.87. The molecule has 0 saturated carbocycles. The minimum absolute atomic E-state index is 0.602. The molecule has 0 spiro atoms. The fraction of sp³-hybridized carbons (Fsp3) is 0.154. The fourth-order valence-corrected chi connectivity index (χ4v) is 2.33. The summed E-state index contributed by atoms with van der Waals surface area (Å²) in [5.74, 6) is 1.23. The Bertz CT molecular complexity index is 663. The lowest BCUT2D eigenvalue weighted by Crippen LogP contribution is -1.93. The smallest absolute Gasteiger partial charge is 0.227 e. The zero-order valence-electron chi connectivity index (χ0n) is 10.1. The molecule has 3 aromatic rings. The van der Waals surface area contributed by atoms with Gasteiger partial charge in [-0.25, -0.2) is 0 Å². The van der Waals surface area contributed by atoms with Gasteiger partial charge in [0.2, 0.25) is 11.7 Å². The largest absolute Gasteiger partial charge is 0.399 e. The van der Waals surface area contributed by atoms with Crippen LogP contribution < -0.4 is 5.73 Å². The second kappa shape index (κ2) is 5.19. The van der Waals surface area contributed by atoms with Crippen molar-refractivity contribution >= 4 is 17.0 Å². The van der Waals surface area contributed by atoms with Gasteiger partial charge >= 0.3 is 0 Å². The first kappa shape index (κ1) is 11.9. The molecule has 5 nitrogen and oxygen atoms in total. The summed E-state index contributed by atoms with van der Waals surface area (Å²) in [7, 11) is 0. The molecule has 0 radical (unpaired) electrons. The number of anilines is 1. The van der Waals surface area contributed by atoms with Crippen LogP contribution in [0, 0.1) is 0 Å². The molecule has 6 heteroatoms. The molecule has 0 fully saturated rings. The van der Waals surface area contributed by atoms with Crippen LogP contribution in [0.25, 0.3) is 10.7 Å². The van der Waals surface area contributed by atoms with Crippen molar-refractivity contribution in [1.29, 1.82) is 0 Å². The predicted octanol–water partition coefficient (Wildman–Crippen LogP) is 2.56. The Kier molecular flexibility index (Phi) is 3.24. The van der Waals surface area contributed by atoms with Crippen LogP contribution in [0.5, 0.6) is 0 Å². The molecule has 0 atom stereocenters. The first-order chi connectivity index (χ1) is 9.31. The average molecular weight is 272 g/mol. The van der Waals surface area contributed by atoms with E-state index >= 15 is 0 Å². The maximum atomic E-state index is 5.74. The summed E-state index contributed by atoms with van der Waals surface area (Å²) >= 11 is 1.49. The highest BCUT2D eigenvalue weighted by Crippen LogP contribution is 2.20. The van der Waals surface area contributed by atoms with E-state index in [1.165, 1.54) is 11.3 Å². The highest BCUT2D eigenvalue weighted by molar-refractivity contribution is 7.13. The van der Waals surface area contributed by atoms with Crippen LogP contribution in [0.2, 0.25) is 0 Å². The van der Waals surface area contributed by atoms with Crippen molar-refractivity contribution in [2.45, 2.75) is 12.8 Å². The fourth-order valence-electron chi connectivity index (χ4n) is 1.78. The molecule has 2 N–H and O–H groups in total. The summed E-state index contributed by atoms with van der Waals surface area (Å²) in [6.07, 6.45) is 3.27. The Hall–Kier alpha value is -2.21. The van der Waals surface area contributed by atoms with Gasteiger partial charge < -0.3 is 10.3 Å². The van der Waals surface area contributed by atoms with Crippen molar-refractivity contribution in [1.82, 2.24) is 15.1 Å². The molecule has 0 amide bonds. The van der Waals surface area contributed by atoms with Crippen molar-refractivity contribution in [3.8, 4) is 10.7 Å². The molecule has 1 aromatic carbocycles. The van der Waals surface area contributed by atoms with Gasteiger partial charge in [0.05, 0.1) is 10.4 Å². The van der Waals surface area contributed by atoms with Gasteiger partial charge in [-0.1, -0.05) is 17.3 Å². The van der Waals surface area contributed by atoms with Gasteiger partial charge in [0.25, 0.3) is 0 Å². The van der Waals surface area contributed by atoms with Crippen LogP contribution >= 0.6 is 11.3 Å². The van der Waals surface area contributed by atoms with Crippen LogP contribution in [0.3, 0.4) is 0 Å². The lowest BCUT2D eigenvalue weighted by Gasteiger charge is -1.99. The van der Waals surface area contributed by atoms with Gasteiger partial charge in [0.15, 0.2) is 0 Å². The molecule has 0 aliphatic carbocycles. The number of aromatic nitrogens is 3. The third-order valence-electron chi connectivity index (χ3n) is 2.70. The molecule has 2 aromatic heterocycles. The van der Waals surface area contributed by atoms with Gasteiger partial charge in [-0.2, -0.15) is 4.98 Å². The van der Waals surface area contributed by atoms with E-state index in [0.29, 0.717) is 18.1 Å². The lowest BCUT2D eigenvalue weighted by molar-refractivity contribution is 0.379. The molecule has 96 valence electrons. The minimum Gasteiger partial charge on any atom is -0.399 e. The maximum absolute atomic E-state index is 5.74. The first-order valence-corrected chi connectivity index (χ1v) is 6.75. The highest BCUT2D eigenvalue weighted by atomic mass is 32.1. The van der Waals surface area contributed by atoms with Crippen LogP contribution in [-0.2, 0) is 12.8 Å². The van der Waals surface area contributed by atoms with Crippen molar-refractivity contribution in [3.05, 3.63) is 47.4 Å². The number of aryl methyl sites for hydroxylation is 2. The summed E-state index contributed by atoms with van der Waals surface area (Å²) in [4.78, 5) is 9.26. The Morgan fingerprint density at radius 3 is 3.00 bits per heavy atom. The second-order valence-corrected chi connectivity index (χ2v) is 5.01. The molecule has 0 saturated heterocycles. The summed E-state index contributed by atoms with van der Waals surface area (Å²) in [5, 5.41) is 3.95.